The summed E-state index contributed by atoms with van der Waals surface area (Å²) in [4.78, 5) is 13.7. The molecule has 0 aliphatic carbocycles. The molecular formula is C10H20N2O. The maximum Gasteiger partial charge on any atom is 0.164 e. The van der Waals surface area contributed by atoms with Gasteiger partial charge in [-0.3, -0.25) is 9.69 Å². The van der Waals surface area contributed by atoms with Crippen LogP contribution < -0.4 is 5.32 Å². The second-order valence-corrected chi connectivity index (χ2v) is 4.36. The molecule has 1 N–H and O–H groups in total. The molecule has 1 rings (SSSR count). The monoisotopic (exact) mass is 184 g/mol. The summed E-state index contributed by atoms with van der Waals surface area (Å²) in [6.45, 7) is 9.89. The van der Waals surface area contributed by atoms with Crippen LogP contribution in [0.25, 0.3) is 0 Å². The molecule has 0 amide bonds. The van der Waals surface area contributed by atoms with Gasteiger partial charge in [-0.1, -0.05) is 13.8 Å². The Bertz CT molecular complexity index is 189. The zero-order chi connectivity index (χ0) is 10.0. The van der Waals surface area contributed by atoms with Crippen LogP contribution >= 0.6 is 0 Å². The van der Waals surface area contributed by atoms with E-state index in [-0.39, 0.29) is 6.04 Å². The van der Waals surface area contributed by atoms with Crippen LogP contribution in [0, 0.1) is 0 Å². The van der Waals surface area contributed by atoms with E-state index in [4.69, 9.17) is 0 Å². The lowest BCUT2D eigenvalue weighted by Gasteiger charge is -2.20. The predicted molar refractivity (Wildman–Crippen MR) is 53.8 cm³/mol. The molecule has 0 saturated carbocycles. The van der Waals surface area contributed by atoms with Crippen molar-refractivity contribution in [2.75, 3.05) is 13.1 Å². The molecular weight excluding hydrogens is 164 g/mol. The molecule has 1 aliphatic heterocycles. The van der Waals surface area contributed by atoms with E-state index in [2.05, 4.69) is 37.9 Å². The quantitative estimate of drug-likeness (QED) is 0.699. The van der Waals surface area contributed by atoms with Gasteiger partial charge in [-0.15, -0.1) is 0 Å². The van der Waals surface area contributed by atoms with Gasteiger partial charge in [-0.2, -0.15) is 0 Å². The minimum absolute atomic E-state index is 0.0578. The topological polar surface area (TPSA) is 32.3 Å². The normalized spacial score (nSPS) is 25.1. The van der Waals surface area contributed by atoms with Crippen LogP contribution in [0.3, 0.4) is 0 Å². The van der Waals surface area contributed by atoms with Crippen molar-refractivity contribution in [3.63, 3.8) is 0 Å². The molecule has 0 aromatic heterocycles. The number of nitrogens with one attached hydrogen (secondary N) is 1. The Balaban J connectivity index is 2.47. The van der Waals surface area contributed by atoms with Gasteiger partial charge in [0.25, 0.3) is 0 Å². The SMILES string of the molecule is CC(C)N[C@@H]1CN(C(C)C)CC1=O. The molecule has 0 bridgehead atoms. The van der Waals surface area contributed by atoms with Crippen molar-refractivity contribution in [3.8, 4) is 0 Å². The molecule has 1 saturated heterocycles. The maximum atomic E-state index is 11.5. The molecule has 3 nitrogen and oxygen atoms in total. The van der Waals surface area contributed by atoms with Gasteiger partial charge in [0.05, 0.1) is 12.6 Å². The van der Waals surface area contributed by atoms with E-state index in [9.17, 15) is 4.79 Å². The minimum atomic E-state index is 0.0578. The van der Waals surface area contributed by atoms with Gasteiger partial charge in [0, 0.05) is 18.6 Å². The first-order chi connectivity index (χ1) is 6.00. The molecule has 0 unspecified atom stereocenters. The maximum absolute atomic E-state index is 11.5. The third kappa shape index (κ3) is 2.78. The van der Waals surface area contributed by atoms with Gasteiger partial charge in [0.2, 0.25) is 0 Å². The Morgan fingerprint density at radius 1 is 1.38 bits per heavy atom. The Labute approximate surface area is 80.5 Å². The molecule has 3 heteroatoms. The summed E-state index contributed by atoms with van der Waals surface area (Å²) in [5, 5.41) is 3.29. The van der Waals surface area contributed by atoms with E-state index < -0.39 is 0 Å². The first-order valence-electron chi connectivity index (χ1n) is 5.03. The summed E-state index contributed by atoms with van der Waals surface area (Å²) in [6, 6.07) is 0.923. The summed E-state index contributed by atoms with van der Waals surface area (Å²) < 4.78 is 0. The van der Waals surface area contributed by atoms with E-state index in [0.29, 0.717) is 24.4 Å². The molecule has 13 heavy (non-hydrogen) atoms. The number of likely N-dealkylation sites (tertiary alicyclic amines) is 1. The van der Waals surface area contributed by atoms with Crippen LogP contribution in [0.15, 0.2) is 0 Å². The van der Waals surface area contributed by atoms with Crippen LogP contribution in [-0.2, 0) is 4.79 Å². The highest BCUT2D eigenvalue weighted by molar-refractivity contribution is 5.88. The molecule has 0 radical (unpaired) electrons. The average Bonchev–Trinajstić information content (AvgIpc) is 2.31. The largest absolute Gasteiger partial charge is 0.304 e. The Hall–Kier alpha value is -0.410. The first-order valence-corrected chi connectivity index (χ1v) is 5.03. The molecule has 1 atom stereocenters. The summed E-state index contributed by atoms with van der Waals surface area (Å²) in [5.74, 6) is 0.336. The molecule has 0 aromatic rings. The van der Waals surface area contributed by atoms with E-state index in [0.717, 1.165) is 6.54 Å². The summed E-state index contributed by atoms with van der Waals surface area (Å²) in [7, 11) is 0. The van der Waals surface area contributed by atoms with E-state index in [1.165, 1.54) is 0 Å². The number of Topliss-reactive ketones (excluding diaryl/α,β-unsaturated/α-hetero) is 1. The van der Waals surface area contributed by atoms with Crippen molar-refractivity contribution in [3.05, 3.63) is 0 Å². The van der Waals surface area contributed by atoms with Crippen LogP contribution in [0.2, 0.25) is 0 Å². The van der Waals surface area contributed by atoms with E-state index in [1.54, 1.807) is 0 Å². The summed E-state index contributed by atoms with van der Waals surface area (Å²) in [6.07, 6.45) is 0. The fraction of sp³-hybridized carbons (Fsp3) is 0.900. The van der Waals surface area contributed by atoms with Gasteiger partial charge in [-0.05, 0) is 13.8 Å². The number of rotatable bonds is 3. The highest BCUT2D eigenvalue weighted by Gasteiger charge is 2.31. The fourth-order valence-electron chi connectivity index (χ4n) is 1.65. The van der Waals surface area contributed by atoms with E-state index >= 15 is 0 Å². The number of carbonyl (C=O) groups excluding carboxylic acids is 1. The highest BCUT2D eigenvalue weighted by atomic mass is 16.1. The van der Waals surface area contributed by atoms with Crippen LogP contribution in [-0.4, -0.2) is 41.9 Å². The van der Waals surface area contributed by atoms with Gasteiger partial charge in [0.1, 0.15) is 0 Å². The van der Waals surface area contributed by atoms with Crippen LogP contribution in [0.5, 0.6) is 0 Å². The smallest absolute Gasteiger partial charge is 0.164 e. The minimum Gasteiger partial charge on any atom is -0.304 e. The molecule has 0 aromatic carbocycles. The van der Waals surface area contributed by atoms with Crippen molar-refractivity contribution in [1.82, 2.24) is 10.2 Å². The number of carbonyl (C=O) groups is 1. The molecule has 0 spiro atoms. The van der Waals surface area contributed by atoms with Gasteiger partial charge < -0.3 is 5.32 Å². The number of ketones is 1. The van der Waals surface area contributed by atoms with Crippen molar-refractivity contribution in [1.29, 1.82) is 0 Å². The second kappa shape index (κ2) is 4.20. The van der Waals surface area contributed by atoms with Crippen molar-refractivity contribution in [2.24, 2.45) is 0 Å². The Morgan fingerprint density at radius 3 is 2.38 bits per heavy atom. The standard InChI is InChI=1S/C10H20N2O/c1-7(2)11-9-5-12(8(3)4)6-10(9)13/h7-9,11H,5-6H2,1-4H3/t9-/m1/s1. The summed E-state index contributed by atoms with van der Waals surface area (Å²) in [5.41, 5.74) is 0. The number of nitrogens with zero attached hydrogens (tertiary/aromatic N) is 1. The molecule has 1 heterocycles. The third-order valence-electron chi connectivity index (χ3n) is 2.43. The zero-order valence-corrected chi connectivity index (χ0v) is 9.00. The fourth-order valence-corrected chi connectivity index (χ4v) is 1.65. The predicted octanol–water partition coefficient (Wildman–Crippen LogP) is 0.646. The third-order valence-corrected chi connectivity index (χ3v) is 2.43. The lowest BCUT2D eigenvalue weighted by molar-refractivity contribution is -0.118. The van der Waals surface area contributed by atoms with Gasteiger partial charge >= 0.3 is 0 Å². The molecule has 1 aliphatic rings. The zero-order valence-electron chi connectivity index (χ0n) is 9.00. The summed E-state index contributed by atoms with van der Waals surface area (Å²) >= 11 is 0. The lowest BCUT2D eigenvalue weighted by Crippen LogP contribution is -2.41. The van der Waals surface area contributed by atoms with Crippen molar-refractivity contribution >= 4 is 5.78 Å². The van der Waals surface area contributed by atoms with Crippen LogP contribution in [0.4, 0.5) is 0 Å². The molecule has 1 fully saturated rings. The lowest BCUT2D eigenvalue weighted by atomic mass is 10.2. The second-order valence-electron chi connectivity index (χ2n) is 4.36. The highest BCUT2D eigenvalue weighted by Crippen LogP contribution is 2.09. The van der Waals surface area contributed by atoms with Crippen LogP contribution in [0.1, 0.15) is 27.7 Å². The average molecular weight is 184 g/mol. The van der Waals surface area contributed by atoms with Crippen molar-refractivity contribution < 1.29 is 4.79 Å². The Kier molecular flexibility index (Phi) is 3.45. The first kappa shape index (κ1) is 10.7. The molecule has 76 valence electrons. The Morgan fingerprint density at radius 2 is 2.00 bits per heavy atom. The van der Waals surface area contributed by atoms with Gasteiger partial charge in [-0.25, -0.2) is 0 Å². The van der Waals surface area contributed by atoms with Gasteiger partial charge in [0.15, 0.2) is 5.78 Å². The number of hydrogen-bond donors (Lipinski definition) is 1. The van der Waals surface area contributed by atoms with Crippen molar-refractivity contribution in [2.45, 2.75) is 45.8 Å². The number of hydrogen-bond acceptors (Lipinski definition) is 3. The van der Waals surface area contributed by atoms with E-state index in [1.807, 2.05) is 0 Å².